The Labute approximate surface area is 207 Å². The average Bonchev–Trinajstić information content (AvgIpc) is 2.95. The Morgan fingerprint density at radius 2 is 1.64 bits per heavy atom. The first-order chi connectivity index (χ1) is 14.9. The van der Waals surface area contributed by atoms with Gasteiger partial charge in [-0.15, -0.1) is 0 Å². The van der Waals surface area contributed by atoms with Crippen molar-refractivity contribution < 1.29 is 13.6 Å². The third-order valence-electron chi connectivity index (χ3n) is 7.86. The summed E-state index contributed by atoms with van der Waals surface area (Å²) in [6.07, 6.45) is 0.638. The number of aromatic nitrogens is 2. The average molecular weight is 560 g/mol. The molecule has 186 valence electrons. The van der Waals surface area contributed by atoms with Gasteiger partial charge >= 0.3 is 5.69 Å². The van der Waals surface area contributed by atoms with E-state index in [0.29, 0.717) is 12.3 Å². The van der Waals surface area contributed by atoms with Crippen LogP contribution in [0, 0.1) is 5.92 Å². The Bertz CT molecular complexity index is 1050. The second kappa shape index (κ2) is 8.70. The summed E-state index contributed by atoms with van der Waals surface area (Å²) >= 11 is 3.72. The van der Waals surface area contributed by atoms with Gasteiger partial charge in [0.15, 0.2) is 16.6 Å². The predicted molar refractivity (Wildman–Crippen MR) is 141 cm³/mol. The quantitative estimate of drug-likeness (QED) is 0.501. The van der Waals surface area contributed by atoms with Crippen molar-refractivity contribution in [3.63, 3.8) is 0 Å². The van der Waals surface area contributed by atoms with Gasteiger partial charge in [-0.1, -0.05) is 57.5 Å². The summed E-state index contributed by atoms with van der Waals surface area (Å²) in [7, 11) is -4.18. The maximum atomic E-state index is 12.8. The van der Waals surface area contributed by atoms with Crippen molar-refractivity contribution in [1.29, 1.82) is 0 Å². The Hall–Kier alpha value is -0.786. The molecule has 2 unspecified atom stereocenters. The molecule has 0 amide bonds. The molecule has 1 aromatic heterocycles. The van der Waals surface area contributed by atoms with Crippen LogP contribution in [0.5, 0.6) is 0 Å². The van der Waals surface area contributed by atoms with Gasteiger partial charge in [-0.3, -0.25) is 14.3 Å². The summed E-state index contributed by atoms with van der Waals surface area (Å²) in [5.74, 6) is -0.205. The fraction of sp³-hybridized carbons (Fsp3) is 0.739. The van der Waals surface area contributed by atoms with Crippen molar-refractivity contribution in [3.8, 4) is 0 Å². The van der Waals surface area contributed by atoms with Gasteiger partial charge in [-0.05, 0) is 42.3 Å². The molecule has 0 radical (unpaired) electrons. The summed E-state index contributed by atoms with van der Waals surface area (Å²) in [6.45, 7) is 22.6. The number of H-pyrrole nitrogens is 1. The van der Waals surface area contributed by atoms with Crippen LogP contribution in [0.3, 0.4) is 0 Å². The van der Waals surface area contributed by atoms with E-state index >= 15 is 0 Å². The van der Waals surface area contributed by atoms with Crippen LogP contribution in [0.4, 0.5) is 0 Å². The number of rotatable bonds is 5. The van der Waals surface area contributed by atoms with Crippen molar-refractivity contribution in [2.24, 2.45) is 5.92 Å². The van der Waals surface area contributed by atoms with E-state index in [1.165, 1.54) is 10.6 Å². The van der Waals surface area contributed by atoms with Crippen LogP contribution in [0.2, 0.25) is 36.3 Å². The van der Waals surface area contributed by atoms with Gasteiger partial charge < -0.3 is 13.6 Å². The van der Waals surface area contributed by atoms with E-state index in [1.807, 2.05) is 6.08 Å². The lowest BCUT2D eigenvalue weighted by molar-refractivity contribution is -0.0435. The minimum Gasteiger partial charge on any atom is -0.414 e. The summed E-state index contributed by atoms with van der Waals surface area (Å²) in [5, 5.41) is 0.0818. The number of halogens is 1. The number of hydrogen-bond acceptors (Lipinski definition) is 5. The lowest BCUT2D eigenvalue weighted by Crippen LogP contribution is -2.50. The normalized spacial score (nSPS) is 26.1. The summed E-state index contributed by atoms with van der Waals surface area (Å²) in [4.78, 5) is 27.0. The fourth-order valence-corrected chi connectivity index (χ4v) is 6.76. The van der Waals surface area contributed by atoms with Crippen LogP contribution >= 0.6 is 15.9 Å². The van der Waals surface area contributed by atoms with Crippen molar-refractivity contribution in [1.82, 2.24) is 9.55 Å². The molecule has 0 aromatic carbocycles. The minimum atomic E-state index is -2.16. The second-order valence-electron chi connectivity index (χ2n) is 12.3. The molecule has 1 saturated heterocycles. The molecule has 1 fully saturated rings. The number of ether oxygens (including phenoxy) is 1. The van der Waals surface area contributed by atoms with E-state index in [0.717, 1.165) is 4.48 Å². The molecule has 33 heavy (non-hydrogen) atoms. The van der Waals surface area contributed by atoms with Crippen molar-refractivity contribution in [3.05, 3.63) is 37.1 Å². The lowest BCUT2D eigenvalue weighted by Gasteiger charge is -2.42. The first-order valence-corrected chi connectivity index (χ1v) is 18.2. The zero-order valence-electron chi connectivity index (χ0n) is 21.5. The fourth-order valence-electron chi connectivity index (χ4n) is 3.69. The number of aromatic amines is 1. The van der Waals surface area contributed by atoms with Crippen molar-refractivity contribution in [2.75, 3.05) is 6.61 Å². The lowest BCUT2D eigenvalue weighted by atomic mass is 9.96. The molecule has 0 aliphatic carbocycles. The monoisotopic (exact) mass is 558 g/mol. The maximum absolute atomic E-state index is 12.8. The smallest absolute Gasteiger partial charge is 0.330 e. The molecule has 3 rings (SSSR count). The van der Waals surface area contributed by atoms with Crippen LogP contribution in [-0.2, 0) is 13.6 Å². The first-order valence-electron chi connectivity index (χ1n) is 11.6. The molecular weight excluding hydrogens is 520 g/mol. The summed E-state index contributed by atoms with van der Waals surface area (Å²) in [6, 6.07) is 1.42. The van der Waals surface area contributed by atoms with Crippen LogP contribution in [0.25, 0.3) is 6.08 Å². The maximum Gasteiger partial charge on any atom is 0.330 e. The van der Waals surface area contributed by atoms with Crippen LogP contribution in [0.1, 0.15) is 53.5 Å². The minimum absolute atomic E-state index is 0.0146. The van der Waals surface area contributed by atoms with Gasteiger partial charge in [0.25, 0.3) is 5.56 Å². The first kappa shape index (κ1) is 26.8. The van der Waals surface area contributed by atoms with Gasteiger partial charge in [-0.25, -0.2) is 4.79 Å². The Morgan fingerprint density at radius 3 is 2.18 bits per heavy atom. The van der Waals surface area contributed by atoms with E-state index < -0.39 is 34.1 Å². The van der Waals surface area contributed by atoms with Crippen LogP contribution < -0.4 is 11.2 Å². The van der Waals surface area contributed by atoms with Crippen LogP contribution in [-0.4, -0.2) is 45.0 Å². The van der Waals surface area contributed by atoms with E-state index in [2.05, 4.69) is 88.6 Å². The molecule has 2 aliphatic heterocycles. The van der Waals surface area contributed by atoms with Gasteiger partial charge in [0.05, 0.1) is 24.3 Å². The molecule has 3 heterocycles. The Balaban J connectivity index is 2.03. The SMILES string of the molecule is CC(C)(C)[Si](C)(C)OC[C@H]1OC2C(C(Br)=Cc3cc(=O)[nH]c(=O)n32)[C@@H]1O[Si](C)(C)C(C)(C)C. The third kappa shape index (κ3) is 5.11. The highest BCUT2D eigenvalue weighted by molar-refractivity contribution is 9.11. The molecule has 0 spiro atoms. The van der Waals surface area contributed by atoms with Gasteiger partial charge in [0.1, 0.15) is 12.3 Å². The van der Waals surface area contributed by atoms with Crippen LogP contribution in [0.15, 0.2) is 20.1 Å². The summed E-state index contributed by atoms with van der Waals surface area (Å²) in [5.41, 5.74) is -0.374. The van der Waals surface area contributed by atoms with Gasteiger partial charge in [-0.2, -0.15) is 0 Å². The van der Waals surface area contributed by atoms with Gasteiger partial charge in [0.2, 0.25) is 0 Å². The molecule has 7 nitrogen and oxygen atoms in total. The standard InChI is InChI=1S/C23H39BrN2O5Si2/c1-22(2,3)32(7,8)29-13-16-19(31-33(9,10)23(4,5)6)18-15(24)11-14-12-17(27)25-21(28)26(14)20(18)30-16/h11-12,16,18-20H,13H2,1-10H3,(H,25,27,28)/t16-,18?,19-,20?/m1/s1. The van der Waals surface area contributed by atoms with Crippen molar-refractivity contribution in [2.45, 2.75) is 96.2 Å². The van der Waals surface area contributed by atoms with E-state index in [-0.39, 0.29) is 28.2 Å². The number of hydrogen-bond donors (Lipinski definition) is 1. The zero-order valence-corrected chi connectivity index (χ0v) is 25.1. The van der Waals surface area contributed by atoms with Gasteiger partial charge in [0, 0.05) is 10.5 Å². The molecule has 10 heteroatoms. The van der Waals surface area contributed by atoms with E-state index in [4.69, 9.17) is 13.6 Å². The molecular formula is C23H39BrN2O5Si2. The molecule has 0 bridgehead atoms. The number of nitrogens with zero attached hydrogens (tertiary/aromatic N) is 1. The molecule has 4 atom stereocenters. The largest absolute Gasteiger partial charge is 0.414 e. The Morgan fingerprint density at radius 1 is 1.06 bits per heavy atom. The number of fused-ring (bicyclic) bond motifs is 3. The van der Waals surface area contributed by atoms with Crippen molar-refractivity contribution >= 4 is 38.6 Å². The number of nitrogens with one attached hydrogen (secondary N) is 1. The topological polar surface area (TPSA) is 82.5 Å². The molecule has 1 aromatic rings. The van der Waals surface area contributed by atoms with E-state index in [1.54, 1.807) is 0 Å². The second-order valence-corrected chi connectivity index (χ2v) is 22.7. The summed E-state index contributed by atoms with van der Waals surface area (Å²) < 4.78 is 22.4. The highest BCUT2D eigenvalue weighted by atomic mass is 79.9. The third-order valence-corrected chi connectivity index (χ3v) is 17.6. The molecule has 2 aliphatic rings. The highest BCUT2D eigenvalue weighted by Crippen LogP contribution is 2.49. The highest BCUT2D eigenvalue weighted by Gasteiger charge is 2.54. The zero-order chi connectivity index (χ0) is 25.1. The Kier molecular flexibility index (Phi) is 7.07. The molecule has 0 saturated carbocycles. The molecule has 1 N–H and O–H groups in total. The predicted octanol–water partition coefficient (Wildman–Crippen LogP) is 5.21. The van der Waals surface area contributed by atoms with E-state index in [9.17, 15) is 9.59 Å².